The quantitative estimate of drug-likeness (QED) is 0.464. The van der Waals surface area contributed by atoms with E-state index in [0.717, 1.165) is 5.56 Å². The Balaban J connectivity index is 2.25. The standard InChI is InChI=1S/C16H25NO6/c1-10-14(11-6-4-3-5-7-11)23-16(22,9-17(10)2)15(21)13(20)12(19)8-18/h3-7,10,12-15,18-22H,8-9H2,1-2H3/t10-,12-,13+,14+,15-,16?/m0/s1. The minimum absolute atomic E-state index is 0.0477. The number of aliphatic hydroxyl groups is 5. The topological polar surface area (TPSA) is 114 Å². The second-order valence-electron chi connectivity index (χ2n) is 6.14. The van der Waals surface area contributed by atoms with Crippen molar-refractivity contribution in [2.75, 3.05) is 20.2 Å². The zero-order valence-electron chi connectivity index (χ0n) is 13.3. The number of hydrogen-bond donors (Lipinski definition) is 5. The minimum Gasteiger partial charge on any atom is -0.394 e. The van der Waals surface area contributed by atoms with E-state index in [2.05, 4.69) is 0 Å². The van der Waals surface area contributed by atoms with Crippen LogP contribution in [-0.4, -0.2) is 80.8 Å². The van der Waals surface area contributed by atoms with Crippen molar-refractivity contribution in [3.8, 4) is 0 Å². The van der Waals surface area contributed by atoms with Crippen molar-refractivity contribution in [3.63, 3.8) is 0 Å². The molecule has 1 saturated heterocycles. The van der Waals surface area contributed by atoms with Crippen LogP contribution >= 0.6 is 0 Å². The molecule has 0 spiro atoms. The molecule has 7 heteroatoms. The summed E-state index contributed by atoms with van der Waals surface area (Å²) in [4.78, 5) is 1.81. The Bertz CT molecular complexity index is 501. The van der Waals surface area contributed by atoms with Gasteiger partial charge in [-0.1, -0.05) is 30.3 Å². The number of benzene rings is 1. The zero-order valence-corrected chi connectivity index (χ0v) is 13.3. The van der Waals surface area contributed by atoms with Gasteiger partial charge in [0.2, 0.25) is 5.79 Å². The van der Waals surface area contributed by atoms with Crippen LogP contribution in [0.5, 0.6) is 0 Å². The minimum atomic E-state index is -2.07. The summed E-state index contributed by atoms with van der Waals surface area (Å²) in [5.74, 6) is -2.07. The van der Waals surface area contributed by atoms with Gasteiger partial charge in [-0.3, -0.25) is 4.90 Å². The van der Waals surface area contributed by atoms with E-state index < -0.39 is 36.8 Å². The molecule has 1 aromatic carbocycles. The van der Waals surface area contributed by atoms with Crippen molar-refractivity contribution in [2.24, 2.45) is 0 Å². The maximum absolute atomic E-state index is 10.7. The van der Waals surface area contributed by atoms with Crippen LogP contribution in [0.4, 0.5) is 0 Å². The van der Waals surface area contributed by atoms with E-state index in [9.17, 15) is 20.4 Å². The molecule has 1 fully saturated rings. The average molecular weight is 327 g/mol. The Morgan fingerprint density at radius 2 is 1.87 bits per heavy atom. The lowest BCUT2D eigenvalue weighted by molar-refractivity contribution is -0.333. The Kier molecular flexibility index (Phi) is 5.74. The number of nitrogens with zero attached hydrogens (tertiary/aromatic N) is 1. The van der Waals surface area contributed by atoms with E-state index in [1.807, 2.05) is 42.2 Å². The normalized spacial score (nSPS) is 33.2. The molecule has 23 heavy (non-hydrogen) atoms. The maximum Gasteiger partial charge on any atom is 0.208 e. The number of β-amino-alcohol motifs (C(OH)–C–C–N with tert-alkyl or cyclic N) is 1. The zero-order chi connectivity index (χ0) is 17.2. The molecule has 1 unspecified atom stereocenters. The monoisotopic (exact) mass is 327 g/mol. The predicted molar refractivity (Wildman–Crippen MR) is 82.4 cm³/mol. The second kappa shape index (κ2) is 7.23. The van der Waals surface area contributed by atoms with Gasteiger partial charge in [0, 0.05) is 6.04 Å². The van der Waals surface area contributed by atoms with Gasteiger partial charge < -0.3 is 30.3 Å². The van der Waals surface area contributed by atoms with Crippen LogP contribution in [0.3, 0.4) is 0 Å². The Morgan fingerprint density at radius 1 is 1.26 bits per heavy atom. The van der Waals surface area contributed by atoms with Gasteiger partial charge in [0.25, 0.3) is 0 Å². The van der Waals surface area contributed by atoms with Crippen LogP contribution in [0.25, 0.3) is 0 Å². The lowest BCUT2D eigenvalue weighted by Crippen LogP contribution is -2.64. The molecule has 130 valence electrons. The molecule has 1 aromatic rings. The molecule has 1 aliphatic rings. The summed E-state index contributed by atoms with van der Waals surface area (Å²) >= 11 is 0. The highest BCUT2D eigenvalue weighted by molar-refractivity contribution is 5.20. The van der Waals surface area contributed by atoms with Crippen molar-refractivity contribution >= 4 is 0 Å². The van der Waals surface area contributed by atoms with E-state index in [0.29, 0.717) is 0 Å². The average Bonchev–Trinajstić information content (AvgIpc) is 2.56. The lowest BCUT2D eigenvalue weighted by Gasteiger charge is -2.48. The molecule has 0 saturated carbocycles. The van der Waals surface area contributed by atoms with Gasteiger partial charge in [-0.05, 0) is 19.5 Å². The third-order valence-electron chi connectivity index (χ3n) is 4.44. The molecule has 0 aliphatic carbocycles. The maximum atomic E-state index is 10.7. The van der Waals surface area contributed by atoms with E-state index in [1.165, 1.54) is 0 Å². The van der Waals surface area contributed by atoms with Gasteiger partial charge in [0.1, 0.15) is 24.4 Å². The highest BCUT2D eigenvalue weighted by atomic mass is 16.7. The molecule has 0 amide bonds. The van der Waals surface area contributed by atoms with Crippen LogP contribution in [-0.2, 0) is 4.74 Å². The van der Waals surface area contributed by atoms with Gasteiger partial charge in [0.15, 0.2) is 0 Å². The third-order valence-corrected chi connectivity index (χ3v) is 4.44. The van der Waals surface area contributed by atoms with E-state index in [4.69, 9.17) is 9.84 Å². The van der Waals surface area contributed by atoms with Crippen LogP contribution in [0.1, 0.15) is 18.6 Å². The Labute approximate surface area is 135 Å². The third kappa shape index (κ3) is 3.72. The number of aliphatic hydroxyl groups excluding tert-OH is 4. The number of likely N-dealkylation sites (N-methyl/N-ethyl adjacent to an activating group) is 1. The van der Waals surface area contributed by atoms with Crippen LogP contribution in [0.15, 0.2) is 30.3 Å². The van der Waals surface area contributed by atoms with Gasteiger partial charge in [-0.2, -0.15) is 0 Å². The summed E-state index contributed by atoms with van der Waals surface area (Å²) in [6.45, 7) is 1.15. The molecule has 6 atom stereocenters. The van der Waals surface area contributed by atoms with Crippen molar-refractivity contribution in [3.05, 3.63) is 35.9 Å². The Morgan fingerprint density at radius 3 is 2.43 bits per heavy atom. The predicted octanol–water partition coefficient (Wildman–Crippen LogP) is -1.16. The highest BCUT2D eigenvalue weighted by Gasteiger charge is 2.50. The van der Waals surface area contributed by atoms with Crippen LogP contribution < -0.4 is 0 Å². The van der Waals surface area contributed by atoms with Gasteiger partial charge >= 0.3 is 0 Å². The van der Waals surface area contributed by atoms with Crippen LogP contribution in [0, 0.1) is 0 Å². The van der Waals surface area contributed by atoms with E-state index in [-0.39, 0.29) is 12.6 Å². The fourth-order valence-electron chi connectivity index (χ4n) is 2.83. The van der Waals surface area contributed by atoms with Crippen molar-refractivity contribution in [1.29, 1.82) is 0 Å². The van der Waals surface area contributed by atoms with Crippen molar-refractivity contribution < 1.29 is 30.3 Å². The Hall–Kier alpha value is -1.06. The summed E-state index contributed by atoms with van der Waals surface area (Å²) in [6, 6.07) is 9.20. The first-order chi connectivity index (χ1) is 10.8. The lowest BCUT2D eigenvalue weighted by atomic mass is 9.93. The van der Waals surface area contributed by atoms with Crippen molar-refractivity contribution in [1.82, 2.24) is 4.90 Å². The van der Waals surface area contributed by atoms with Gasteiger partial charge in [0.05, 0.1) is 13.2 Å². The number of hydrogen-bond acceptors (Lipinski definition) is 7. The molecular weight excluding hydrogens is 302 g/mol. The molecule has 2 rings (SSSR count). The van der Waals surface area contributed by atoms with E-state index >= 15 is 0 Å². The number of morpholine rings is 1. The largest absolute Gasteiger partial charge is 0.394 e. The molecular formula is C16H25NO6. The van der Waals surface area contributed by atoms with Crippen molar-refractivity contribution in [2.45, 2.75) is 43.2 Å². The molecule has 7 nitrogen and oxygen atoms in total. The smallest absolute Gasteiger partial charge is 0.208 e. The summed E-state index contributed by atoms with van der Waals surface area (Å²) in [5.41, 5.74) is 0.828. The molecule has 0 bridgehead atoms. The SMILES string of the molecule is C[C@H]1[C@H](c2ccccc2)OC(O)([C@@H](O)[C@H](O)[C@@H](O)CO)CN1C. The summed E-state index contributed by atoms with van der Waals surface area (Å²) in [7, 11) is 1.77. The van der Waals surface area contributed by atoms with Gasteiger partial charge in [-0.25, -0.2) is 0 Å². The summed E-state index contributed by atoms with van der Waals surface area (Å²) in [6.07, 6.45) is -5.60. The highest BCUT2D eigenvalue weighted by Crippen LogP contribution is 2.36. The fraction of sp³-hybridized carbons (Fsp3) is 0.625. The molecule has 5 N–H and O–H groups in total. The second-order valence-corrected chi connectivity index (χ2v) is 6.14. The first-order valence-corrected chi connectivity index (χ1v) is 7.60. The first-order valence-electron chi connectivity index (χ1n) is 7.60. The summed E-state index contributed by atoms with van der Waals surface area (Å²) < 4.78 is 5.73. The first kappa shape index (κ1) is 18.3. The summed E-state index contributed by atoms with van der Waals surface area (Å²) in [5, 5.41) is 49.3. The fourth-order valence-corrected chi connectivity index (χ4v) is 2.83. The number of ether oxygens (including phenoxy) is 1. The van der Waals surface area contributed by atoms with Crippen LogP contribution in [0.2, 0.25) is 0 Å². The molecule has 1 heterocycles. The molecule has 1 aliphatic heterocycles. The van der Waals surface area contributed by atoms with E-state index in [1.54, 1.807) is 7.05 Å². The number of rotatable bonds is 5. The molecule has 0 aromatic heterocycles. The van der Waals surface area contributed by atoms with Gasteiger partial charge in [-0.15, -0.1) is 0 Å². The molecule has 0 radical (unpaired) electrons.